The van der Waals surface area contributed by atoms with E-state index < -0.39 is 0 Å². The summed E-state index contributed by atoms with van der Waals surface area (Å²) in [5.41, 5.74) is -0.255. The van der Waals surface area contributed by atoms with Crippen molar-refractivity contribution in [2.45, 2.75) is 0 Å². The Hall–Kier alpha value is -1.96. The SMILES string of the molecule is COc1cn[nH]c(=O)c1.COc1cnnc(Br)c1. The average Bonchev–Trinajstić information content (AvgIpc) is 2.39. The highest BCUT2D eigenvalue weighted by molar-refractivity contribution is 9.10. The van der Waals surface area contributed by atoms with Gasteiger partial charge in [0, 0.05) is 12.1 Å². The Morgan fingerprint density at radius 3 is 2.28 bits per heavy atom. The van der Waals surface area contributed by atoms with Gasteiger partial charge >= 0.3 is 0 Å². The summed E-state index contributed by atoms with van der Waals surface area (Å²) in [6, 6.07) is 3.07. The second-order valence-corrected chi connectivity index (χ2v) is 3.72. The van der Waals surface area contributed by atoms with Crippen molar-refractivity contribution in [1.82, 2.24) is 20.4 Å². The lowest BCUT2D eigenvalue weighted by Gasteiger charge is -1.95. The largest absolute Gasteiger partial charge is 0.495 e. The molecular weight excluding hydrogens is 304 g/mol. The van der Waals surface area contributed by atoms with E-state index >= 15 is 0 Å². The number of aromatic amines is 1. The summed E-state index contributed by atoms with van der Waals surface area (Å²) in [6.07, 6.45) is 2.98. The van der Waals surface area contributed by atoms with Crippen molar-refractivity contribution >= 4 is 15.9 Å². The zero-order chi connectivity index (χ0) is 13.4. The molecule has 0 saturated heterocycles. The number of rotatable bonds is 2. The second kappa shape index (κ2) is 7.38. The molecular formula is C10H11BrN4O3. The quantitative estimate of drug-likeness (QED) is 0.890. The standard InChI is InChI=1S/C5H5BrN2O.C5H6N2O2/c1-9-4-2-5(6)8-7-3-4;1-9-4-2-5(8)7-6-3-4/h2-3H,1H3;2-3H,1H3,(H,7,8). The molecule has 18 heavy (non-hydrogen) atoms. The van der Waals surface area contributed by atoms with E-state index in [1.165, 1.54) is 19.4 Å². The van der Waals surface area contributed by atoms with Crippen LogP contribution in [0.2, 0.25) is 0 Å². The molecule has 0 aliphatic rings. The van der Waals surface area contributed by atoms with E-state index in [-0.39, 0.29) is 5.56 Å². The molecule has 0 aliphatic carbocycles. The Labute approximate surface area is 111 Å². The zero-order valence-electron chi connectivity index (χ0n) is 9.75. The van der Waals surface area contributed by atoms with Gasteiger partial charge in [-0.15, -0.1) is 5.10 Å². The summed E-state index contributed by atoms with van der Waals surface area (Å²) in [4.78, 5) is 10.5. The number of H-pyrrole nitrogens is 1. The lowest BCUT2D eigenvalue weighted by molar-refractivity contribution is 0.410. The Morgan fingerprint density at radius 1 is 1.17 bits per heavy atom. The summed E-state index contributed by atoms with van der Waals surface area (Å²) in [5.74, 6) is 1.18. The molecule has 2 aromatic rings. The minimum absolute atomic E-state index is 0.255. The summed E-state index contributed by atoms with van der Waals surface area (Å²) >= 11 is 3.15. The lowest BCUT2D eigenvalue weighted by Crippen LogP contribution is -2.05. The fourth-order valence-corrected chi connectivity index (χ4v) is 1.22. The third kappa shape index (κ3) is 4.91. The predicted molar refractivity (Wildman–Crippen MR) is 67.7 cm³/mol. The second-order valence-electron chi connectivity index (χ2n) is 2.90. The smallest absolute Gasteiger partial charge is 0.267 e. The van der Waals surface area contributed by atoms with E-state index in [1.807, 2.05) is 0 Å². The zero-order valence-corrected chi connectivity index (χ0v) is 11.3. The van der Waals surface area contributed by atoms with Crippen LogP contribution in [-0.4, -0.2) is 34.6 Å². The Morgan fingerprint density at radius 2 is 1.83 bits per heavy atom. The molecule has 0 bridgehead atoms. The molecule has 96 valence electrons. The molecule has 0 aromatic carbocycles. The summed E-state index contributed by atoms with van der Waals surface area (Å²) in [5, 5.41) is 13.0. The van der Waals surface area contributed by atoms with E-state index in [2.05, 4.69) is 36.3 Å². The molecule has 0 spiro atoms. The van der Waals surface area contributed by atoms with Crippen LogP contribution in [0.15, 0.2) is 33.9 Å². The molecule has 1 N–H and O–H groups in total. The first-order valence-corrected chi connectivity index (χ1v) is 5.56. The molecule has 7 nitrogen and oxygen atoms in total. The predicted octanol–water partition coefficient (Wildman–Crippen LogP) is 1.03. The maximum atomic E-state index is 10.5. The number of hydrogen-bond acceptors (Lipinski definition) is 6. The van der Waals surface area contributed by atoms with E-state index in [1.54, 1.807) is 19.4 Å². The number of hydrogen-bond donors (Lipinski definition) is 1. The van der Waals surface area contributed by atoms with Crippen molar-refractivity contribution in [3.8, 4) is 11.5 Å². The number of nitrogens with zero attached hydrogens (tertiary/aromatic N) is 3. The molecule has 0 fully saturated rings. The molecule has 2 rings (SSSR count). The third-order valence-electron chi connectivity index (χ3n) is 1.71. The molecule has 0 saturated carbocycles. The van der Waals surface area contributed by atoms with Crippen LogP contribution in [-0.2, 0) is 0 Å². The topological polar surface area (TPSA) is 90.0 Å². The van der Waals surface area contributed by atoms with Crippen molar-refractivity contribution in [3.63, 3.8) is 0 Å². The molecule has 0 atom stereocenters. The normalized spacial score (nSPS) is 9.06. The average molecular weight is 315 g/mol. The number of halogens is 1. The van der Waals surface area contributed by atoms with Crippen LogP contribution in [0.5, 0.6) is 11.5 Å². The summed E-state index contributed by atoms with van der Waals surface area (Å²) in [6.45, 7) is 0. The highest BCUT2D eigenvalue weighted by Gasteiger charge is 1.91. The van der Waals surface area contributed by atoms with Crippen molar-refractivity contribution in [1.29, 1.82) is 0 Å². The molecule has 0 radical (unpaired) electrons. The first-order chi connectivity index (χ1) is 8.65. The van der Waals surface area contributed by atoms with Gasteiger partial charge in [-0.2, -0.15) is 10.2 Å². The molecule has 2 aromatic heterocycles. The van der Waals surface area contributed by atoms with Crippen LogP contribution in [0, 0.1) is 0 Å². The summed E-state index contributed by atoms with van der Waals surface area (Å²) < 4.78 is 10.3. The van der Waals surface area contributed by atoms with Gasteiger partial charge in [-0.05, 0) is 15.9 Å². The van der Waals surface area contributed by atoms with Crippen LogP contribution >= 0.6 is 15.9 Å². The Bertz CT molecular complexity index is 546. The van der Waals surface area contributed by atoms with Crippen molar-refractivity contribution in [2.75, 3.05) is 14.2 Å². The number of methoxy groups -OCH3 is 2. The van der Waals surface area contributed by atoms with Gasteiger partial charge in [-0.25, -0.2) is 5.10 Å². The minimum Gasteiger partial charge on any atom is -0.495 e. The van der Waals surface area contributed by atoms with Crippen molar-refractivity contribution in [2.24, 2.45) is 0 Å². The molecule has 0 unspecified atom stereocenters. The Balaban J connectivity index is 0.000000180. The summed E-state index contributed by atoms with van der Waals surface area (Å²) in [7, 11) is 3.07. The van der Waals surface area contributed by atoms with E-state index in [4.69, 9.17) is 9.47 Å². The maximum absolute atomic E-state index is 10.5. The molecule has 8 heteroatoms. The van der Waals surface area contributed by atoms with Gasteiger partial charge < -0.3 is 9.47 Å². The fraction of sp³-hybridized carbons (Fsp3) is 0.200. The van der Waals surface area contributed by atoms with Gasteiger partial charge in [-0.3, -0.25) is 4.79 Å². The van der Waals surface area contributed by atoms with Crippen molar-refractivity contribution < 1.29 is 9.47 Å². The van der Waals surface area contributed by atoms with Crippen LogP contribution in [0.25, 0.3) is 0 Å². The van der Waals surface area contributed by atoms with Gasteiger partial charge in [0.1, 0.15) is 16.1 Å². The maximum Gasteiger partial charge on any atom is 0.267 e. The van der Waals surface area contributed by atoms with Crippen molar-refractivity contribution in [3.05, 3.63) is 39.5 Å². The fourth-order valence-electron chi connectivity index (χ4n) is 0.906. The first kappa shape index (κ1) is 14.1. The number of aromatic nitrogens is 4. The van der Waals surface area contributed by atoms with Crippen LogP contribution in [0.3, 0.4) is 0 Å². The highest BCUT2D eigenvalue weighted by Crippen LogP contribution is 2.11. The number of ether oxygens (including phenoxy) is 2. The van der Waals surface area contributed by atoms with Gasteiger partial charge in [0.15, 0.2) is 0 Å². The molecule has 2 heterocycles. The van der Waals surface area contributed by atoms with Crippen LogP contribution in [0.4, 0.5) is 0 Å². The number of nitrogens with one attached hydrogen (secondary N) is 1. The van der Waals surface area contributed by atoms with Gasteiger partial charge in [0.2, 0.25) is 0 Å². The van der Waals surface area contributed by atoms with Gasteiger partial charge in [0.05, 0.1) is 26.6 Å². The monoisotopic (exact) mass is 314 g/mol. The minimum atomic E-state index is -0.255. The molecule has 0 amide bonds. The van der Waals surface area contributed by atoms with E-state index in [0.29, 0.717) is 16.1 Å². The Kier molecular flexibility index (Phi) is 5.78. The van der Waals surface area contributed by atoms with Crippen LogP contribution < -0.4 is 15.0 Å². The molecule has 0 aliphatic heterocycles. The van der Waals surface area contributed by atoms with Gasteiger partial charge in [-0.1, -0.05) is 0 Å². The van der Waals surface area contributed by atoms with Gasteiger partial charge in [0.25, 0.3) is 5.56 Å². The lowest BCUT2D eigenvalue weighted by atomic mass is 10.5. The highest BCUT2D eigenvalue weighted by atomic mass is 79.9. The first-order valence-electron chi connectivity index (χ1n) is 4.76. The van der Waals surface area contributed by atoms with Crippen LogP contribution in [0.1, 0.15) is 0 Å². The van der Waals surface area contributed by atoms with E-state index in [0.717, 1.165) is 0 Å². The van der Waals surface area contributed by atoms with E-state index in [9.17, 15) is 4.79 Å². The third-order valence-corrected chi connectivity index (χ3v) is 2.10.